The van der Waals surface area contributed by atoms with Gasteiger partial charge < -0.3 is 29.7 Å². The average molecular weight is 584 g/mol. The van der Waals surface area contributed by atoms with Gasteiger partial charge in [0.2, 0.25) is 11.9 Å². The number of amides is 1. The minimum absolute atomic E-state index is 0.185. The van der Waals surface area contributed by atoms with Crippen LogP contribution in [-0.2, 0) is 24.6 Å². The maximum Gasteiger partial charge on any atom is 0.416 e. The summed E-state index contributed by atoms with van der Waals surface area (Å²) in [4.78, 5) is 24.1. The van der Waals surface area contributed by atoms with Gasteiger partial charge in [0.25, 0.3) is 0 Å². The number of carbonyl (C=O) groups excluding carboxylic acids is 1. The molecule has 0 bridgehead atoms. The number of pyridine rings is 1. The van der Waals surface area contributed by atoms with Crippen LogP contribution in [0.3, 0.4) is 0 Å². The average Bonchev–Trinajstić information content (AvgIpc) is 3.24. The first-order chi connectivity index (χ1) is 19.8. The molecule has 1 amide bonds. The summed E-state index contributed by atoms with van der Waals surface area (Å²) in [6.07, 6.45) is -2.97. The lowest BCUT2D eigenvalue weighted by atomic mass is 10.1. The van der Waals surface area contributed by atoms with E-state index in [0.717, 1.165) is 30.2 Å². The van der Waals surface area contributed by atoms with E-state index in [2.05, 4.69) is 25.5 Å². The Morgan fingerprint density at radius 3 is 2.50 bits per heavy atom. The van der Waals surface area contributed by atoms with Crippen molar-refractivity contribution in [2.45, 2.75) is 33.5 Å². The fraction of sp³-hybridized carbons (Fsp3) is 0.367. The number of carbonyl (C=O) groups is 1. The van der Waals surface area contributed by atoms with Gasteiger partial charge in [-0.25, -0.2) is 9.97 Å². The van der Waals surface area contributed by atoms with Crippen molar-refractivity contribution >= 4 is 34.4 Å². The normalized spacial score (nSPS) is 11.9. The van der Waals surface area contributed by atoms with Gasteiger partial charge in [-0.1, -0.05) is 13.0 Å². The Morgan fingerprint density at radius 1 is 1.07 bits per heavy atom. The number of nitrogens with one attached hydrogen (secondary N) is 2. The van der Waals surface area contributed by atoms with Crippen LogP contribution in [0, 0.1) is 6.92 Å². The van der Waals surface area contributed by atoms with E-state index in [9.17, 15) is 18.0 Å². The van der Waals surface area contributed by atoms with E-state index in [-0.39, 0.29) is 23.7 Å². The highest BCUT2D eigenvalue weighted by Crippen LogP contribution is 2.36. The molecule has 42 heavy (non-hydrogen) atoms. The first-order valence-electron chi connectivity index (χ1n) is 13.6. The van der Waals surface area contributed by atoms with Crippen LogP contribution < -0.4 is 15.4 Å². The number of hydrogen-bond acceptors (Lipinski definition) is 7. The van der Waals surface area contributed by atoms with Gasteiger partial charge in [-0.05, 0) is 63.5 Å². The van der Waals surface area contributed by atoms with Gasteiger partial charge in [0.15, 0.2) is 0 Å². The maximum atomic E-state index is 14.1. The first kappa shape index (κ1) is 30.8. The molecule has 4 rings (SSSR count). The molecule has 2 aromatic carbocycles. The van der Waals surface area contributed by atoms with Gasteiger partial charge in [-0.2, -0.15) is 13.2 Å². The Morgan fingerprint density at radius 2 is 1.81 bits per heavy atom. The highest BCUT2D eigenvalue weighted by atomic mass is 19.4. The minimum atomic E-state index is -4.50. The van der Waals surface area contributed by atoms with Crippen LogP contribution in [0.4, 0.5) is 30.6 Å². The molecule has 0 aliphatic heterocycles. The fourth-order valence-electron chi connectivity index (χ4n) is 4.60. The highest BCUT2D eigenvalue weighted by molar-refractivity contribution is 5.88. The molecule has 224 valence electrons. The standard InChI is InChI=1S/C30H36F3N7O2/c1-7-38(4)14-15-39(5)18-21-8-9-22(16-24(21)30(31,32)33)36-29-37-25-10-11-26(19(2)28(25)40(29)6)42-23-12-13-34-27(17-23)35-20(3)41/h8-13,16-17H,7,14-15,18H2,1-6H3,(H,36,37)(H,34,35,41). The smallest absolute Gasteiger partial charge is 0.416 e. The number of aryl methyl sites for hydroxylation is 2. The molecule has 0 fully saturated rings. The van der Waals surface area contributed by atoms with E-state index in [0.29, 0.717) is 35.3 Å². The SMILES string of the molecule is CCN(C)CCN(C)Cc1ccc(Nc2nc3ccc(Oc4ccnc(NC(C)=O)c4)c(C)c3n2C)cc1C(F)(F)F. The van der Waals surface area contributed by atoms with E-state index >= 15 is 0 Å². The lowest BCUT2D eigenvalue weighted by Crippen LogP contribution is -2.31. The molecule has 9 nitrogen and oxygen atoms in total. The number of nitrogens with zero attached hydrogens (tertiary/aromatic N) is 5. The Labute approximate surface area is 243 Å². The molecule has 0 spiro atoms. The number of aromatic nitrogens is 3. The predicted molar refractivity (Wildman–Crippen MR) is 158 cm³/mol. The molecule has 0 aliphatic rings. The van der Waals surface area contributed by atoms with Crippen LogP contribution in [-0.4, -0.2) is 64.0 Å². The van der Waals surface area contributed by atoms with Gasteiger partial charge in [-0.15, -0.1) is 0 Å². The minimum Gasteiger partial charge on any atom is -0.457 e. The topological polar surface area (TPSA) is 87.6 Å². The van der Waals surface area contributed by atoms with Crippen LogP contribution >= 0.6 is 0 Å². The monoisotopic (exact) mass is 583 g/mol. The van der Waals surface area contributed by atoms with Crippen molar-refractivity contribution in [2.24, 2.45) is 7.05 Å². The number of anilines is 3. The summed E-state index contributed by atoms with van der Waals surface area (Å²) in [6, 6.07) is 11.2. The summed E-state index contributed by atoms with van der Waals surface area (Å²) in [7, 11) is 5.60. The van der Waals surface area contributed by atoms with Crippen LogP contribution in [0.25, 0.3) is 11.0 Å². The van der Waals surface area contributed by atoms with Crippen LogP contribution in [0.2, 0.25) is 0 Å². The summed E-state index contributed by atoms with van der Waals surface area (Å²) in [5.74, 6) is 1.56. The van der Waals surface area contributed by atoms with Gasteiger partial charge in [0, 0.05) is 57.1 Å². The van der Waals surface area contributed by atoms with Crippen molar-refractivity contribution in [1.82, 2.24) is 24.3 Å². The second kappa shape index (κ2) is 12.8. The second-order valence-corrected chi connectivity index (χ2v) is 10.3. The zero-order chi connectivity index (χ0) is 30.6. The largest absolute Gasteiger partial charge is 0.457 e. The molecular weight excluding hydrogens is 547 g/mol. The van der Waals surface area contributed by atoms with E-state index in [4.69, 9.17) is 4.74 Å². The molecule has 0 saturated heterocycles. The molecule has 2 aromatic heterocycles. The molecule has 2 heterocycles. The summed E-state index contributed by atoms with van der Waals surface area (Å²) in [5, 5.41) is 5.69. The number of likely N-dealkylation sites (N-methyl/N-ethyl adjacent to an activating group) is 2. The van der Waals surface area contributed by atoms with Crippen LogP contribution in [0.5, 0.6) is 11.5 Å². The maximum absolute atomic E-state index is 14.1. The van der Waals surface area contributed by atoms with Gasteiger partial charge in [0.05, 0.1) is 16.6 Å². The third kappa shape index (κ3) is 7.37. The van der Waals surface area contributed by atoms with Crippen molar-refractivity contribution in [3.05, 3.63) is 65.4 Å². The molecule has 12 heteroatoms. The lowest BCUT2D eigenvalue weighted by molar-refractivity contribution is -0.138. The van der Waals surface area contributed by atoms with Gasteiger partial charge in [0.1, 0.15) is 17.3 Å². The number of rotatable bonds is 11. The van der Waals surface area contributed by atoms with Crippen LogP contribution in [0.15, 0.2) is 48.7 Å². The van der Waals surface area contributed by atoms with Crippen molar-refractivity contribution in [3.8, 4) is 11.5 Å². The van der Waals surface area contributed by atoms with E-state index in [1.807, 2.05) is 32.8 Å². The predicted octanol–water partition coefficient (Wildman–Crippen LogP) is 6.17. The first-order valence-corrected chi connectivity index (χ1v) is 13.6. The molecule has 4 aromatic rings. The van der Waals surface area contributed by atoms with Crippen molar-refractivity contribution in [3.63, 3.8) is 0 Å². The lowest BCUT2D eigenvalue weighted by Gasteiger charge is -2.23. The number of halogens is 3. The Bertz CT molecular complexity index is 1570. The third-order valence-electron chi connectivity index (χ3n) is 7.02. The molecule has 0 radical (unpaired) electrons. The number of imidazole rings is 1. The zero-order valence-corrected chi connectivity index (χ0v) is 24.6. The summed E-state index contributed by atoms with van der Waals surface area (Å²) in [6.45, 7) is 7.81. The molecule has 0 atom stereocenters. The molecule has 0 saturated carbocycles. The Hall–Kier alpha value is -4.16. The fourth-order valence-corrected chi connectivity index (χ4v) is 4.60. The van der Waals surface area contributed by atoms with Crippen molar-refractivity contribution in [2.75, 3.05) is 44.4 Å². The van der Waals surface area contributed by atoms with Crippen molar-refractivity contribution in [1.29, 1.82) is 0 Å². The van der Waals surface area contributed by atoms with Crippen molar-refractivity contribution < 1.29 is 22.7 Å². The number of hydrogen-bond donors (Lipinski definition) is 2. The third-order valence-corrected chi connectivity index (χ3v) is 7.02. The summed E-state index contributed by atoms with van der Waals surface area (Å²) in [5.41, 5.74) is 2.04. The number of ether oxygens (including phenoxy) is 1. The number of alkyl halides is 3. The van der Waals surface area contributed by atoms with Crippen LogP contribution in [0.1, 0.15) is 30.5 Å². The van der Waals surface area contributed by atoms with E-state index in [1.54, 1.807) is 41.9 Å². The van der Waals surface area contributed by atoms with E-state index in [1.165, 1.54) is 19.2 Å². The summed E-state index contributed by atoms with van der Waals surface area (Å²) < 4.78 is 50.1. The molecule has 0 aliphatic carbocycles. The Kier molecular flexibility index (Phi) is 9.37. The van der Waals surface area contributed by atoms with Gasteiger partial charge >= 0.3 is 6.18 Å². The summed E-state index contributed by atoms with van der Waals surface area (Å²) >= 11 is 0. The van der Waals surface area contributed by atoms with E-state index < -0.39 is 11.7 Å². The number of fused-ring (bicyclic) bond motifs is 1. The zero-order valence-electron chi connectivity index (χ0n) is 24.6. The number of benzene rings is 2. The molecule has 2 N–H and O–H groups in total. The van der Waals surface area contributed by atoms with Gasteiger partial charge in [-0.3, -0.25) is 4.79 Å². The quantitative estimate of drug-likeness (QED) is 0.218. The molecule has 0 unspecified atom stereocenters. The second-order valence-electron chi connectivity index (χ2n) is 10.3. The molecular formula is C30H36F3N7O2. The highest BCUT2D eigenvalue weighted by Gasteiger charge is 2.34. The Balaban J connectivity index is 1.58.